The van der Waals surface area contributed by atoms with E-state index in [0.717, 1.165) is 17.6 Å². The highest BCUT2D eigenvalue weighted by Gasteiger charge is 2.50. The molecule has 0 amide bonds. The predicted molar refractivity (Wildman–Crippen MR) is 45.5 cm³/mol. The van der Waals surface area contributed by atoms with Crippen LogP contribution in [0.1, 0.15) is 6.42 Å². The Morgan fingerprint density at radius 2 is 2.00 bits per heavy atom. The molecule has 2 fully saturated rings. The van der Waals surface area contributed by atoms with E-state index in [1.165, 1.54) is 0 Å². The number of rotatable bonds is 0. The third-order valence-electron chi connectivity index (χ3n) is 2.91. The van der Waals surface area contributed by atoms with Crippen molar-refractivity contribution in [3.8, 4) is 0 Å². The number of halogens is 1. The molecule has 0 aromatic heterocycles. The molecule has 2 rings (SSSR count). The van der Waals surface area contributed by atoms with Crippen LogP contribution in [0.4, 0.5) is 0 Å². The van der Waals surface area contributed by atoms with Gasteiger partial charge in [0.15, 0.2) is 0 Å². The molecule has 0 radical (unpaired) electrons. The molecule has 4 atom stereocenters. The molecule has 2 saturated carbocycles. The first-order valence-electron chi connectivity index (χ1n) is 3.83. The van der Waals surface area contributed by atoms with Crippen molar-refractivity contribution in [1.82, 2.24) is 0 Å². The van der Waals surface area contributed by atoms with Gasteiger partial charge in [-0.05, 0) is 17.6 Å². The van der Waals surface area contributed by atoms with Gasteiger partial charge < -0.3 is 5.11 Å². The number of hydrogen-bond donors (Lipinski definition) is 1. The molecule has 0 spiro atoms. The van der Waals surface area contributed by atoms with Gasteiger partial charge in [0.25, 0.3) is 0 Å². The van der Waals surface area contributed by atoms with E-state index in [0.29, 0.717) is 0 Å². The number of hydrogen-bond acceptors (Lipinski definition) is 1. The van der Waals surface area contributed by atoms with Crippen LogP contribution in [-0.4, -0.2) is 16.6 Å². The first-order valence-corrected chi connectivity index (χ1v) is 4.26. The topological polar surface area (TPSA) is 20.2 Å². The van der Waals surface area contributed by atoms with Crippen molar-refractivity contribution in [3.05, 3.63) is 24.3 Å². The number of aliphatic hydroxyl groups is 1. The second kappa shape index (κ2) is 2.11. The zero-order valence-corrected chi connectivity index (χ0v) is 7.01. The molecule has 2 aliphatic rings. The highest BCUT2D eigenvalue weighted by molar-refractivity contribution is 6.21. The van der Waals surface area contributed by atoms with Crippen molar-refractivity contribution >= 4 is 11.6 Å². The monoisotopic (exact) mass is 170 g/mol. The Balaban J connectivity index is 2.38. The summed E-state index contributed by atoms with van der Waals surface area (Å²) >= 11 is 6.00. The zero-order chi connectivity index (χ0) is 8.17. The smallest absolute Gasteiger partial charge is 0.0691 e. The van der Waals surface area contributed by atoms with Gasteiger partial charge in [-0.3, -0.25) is 0 Å². The molecule has 60 valence electrons. The molecule has 0 unspecified atom stereocenters. The van der Waals surface area contributed by atoms with E-state index < -0.39 is 0 Å². The third-order valence-corrected chi connectivity index (χ3v) is 3.36. The Bertz CT molecular complexity index is 234. The minimum atomic E-state index is -0.308. The van der Waals surface area contributed by atoms with Crippen LogP contribution < -0.4 is 0 Å². The summed E-state index contributed by atoms with van der Waals surface area (Å²) in [4.78, 5) is 0. The normalized spacial score (nSPS) is 48.9. The Hall–Kier alpha value is -0.270. The van der Waals surface area contributed by atoms with E-state index in [-0.39, 0.29) is 23.3 Å². The van der Waals surface area contributed by atoms with Crippen LogP contribution in [0.2, 0.25) is 0 Å². The fourth-order valence-electron chi connectivity index (χ4n) is 2.22. The van der Waals surface area contributed by atoms with E-state index in [1.54, 1.807) is 0 Å². The summed E-state index contributed by atoms with van der Waals surface area (Å²) in [6.07, 6.45) is 0.558. The molecule has 0 saturated heterocycles. The van der Waals surface area contributed by atoms with Crippen LogP contribution in [0.15, 0.2) is 24.3 Å². The fourth-order valence-corrected chi connectivity index (χ4v) is 2.71. The first kappa shape index (κ1) is 7.38. The zero-order valence-electron chi connectivity index (χ0n) is 6.26. The van der Waals surface area contributed by atoms with Crippen LogP contribution in [-0.2, 0) is 0 Å². The lowest BCUT2D eigenvalue weighted by atomic mass is 9.92. The van der Waals surface area contributed by atoms with E-state index in [4.69, 9.17) is 11.6 Å². The molecule has 0 aromatic rings. The van der Waals surface area contributed by atoms with Gasteiger partial charge >= 0.3 is 0 Å². The maximum absolute atomic E-state index is 9.63. The van der Waals surface area contributed by atoms with Crippen molar-refractivity contribution in [3.63, 3.8) is 0 Å². The van der Waals surface area contributed by atoms with Crippen LogP contribution in [0.5, 0.6) is 0 Å². The molecule has 0 aromatic carbocycles. The highest BCUT2D eigenvalue weighted by atomic mass is 35.5. The highest BCUT2D eigenvalue weighted by Crippen LogP contribution is 2.52. The summed E-state index contributed by atoms with van der Waals surface area (Å²) in [5.74, 6) is 0.268. The maximum Gasteiger partial charge on any atom is 0.0691 e. The Labute approximate surface area is 71.4 Å². The van der Waals surface area contributed by atoms with Gasteiger partial charge in [0, 0.05) is 17.2 Å². The molecular weight excluding hydrogens is 160 g/mol. The van der Waals surface area contributed by atoms with E-state index in [9.17, 15) is 5.11 Å². The second-order valence-corrected chi connectivity index (χ2v) is 3.99. The molecule has 1 nitrogen and oxygen atoms in total. The van der Waals surface area contributed by atoms with Gasteiger partial charge in [-0.2, -0.15) is 0 Å². The van der Waals surface area contributed by atoms with Crippen molar-refractivity contribution in [2.75, 3.05) is 0 Å². The Kier molecular flexibility index (Phi) is 1.42. The average molecular weight is 171 g/mol. The number of aliphatic hydroxyl groups excluding tert-OH is 1. The number of alkyl halides is 1. The Morgan fingerprint density at radius 3 is 2.36 bits per heavy atom. The van der Waals surface area contributed by atoms with Crippen molar-refractivity contribution in [1.29, 1.82) is 0 Å². The van der Waals surface area contributed by atoms with Gasteiger partial charge in [-0.15, -0.1) is 11.6 Å². The molecule has 1 N–H and O–H groups in total. The van der Waals surface area contributed by atoms with Gasteiger partial charge in [0.1, 0.15) is 0 Å². The van der Waals surface area contributed by atoms with Crippen molar-refractivity contribution in [2.24, 2.45) is 11.8 Å². The molecule has 11 heavy (non-hydrogen) atoms. The Morgan fingerprint density at radius 1 is 1.36 bits per heavy atom. The van der Waals surface area contributed by atoms with Gasteiger partial charge in [0.2, 0.25) is 0 Å². The third kappa shape index (κ3) is 0.756. The molecule has 0 heterocycles. The molecule has 2 aliphatic carbocycles. The molecule has 2 heteroatoms. The second-order valence-electron chi connectivity index (χ2n) is 3.43. The van der Waals surface area contributed by atoms with Crippen LogP contribution >= 0.6 is 11.6 Å². The molecular formula is C9H11ClO. The lowest BCUT2D eigenvalue weighted by Gasteiger charge is -2.18. The summed E-state index contributed by atoms with van der Waals surface area (Å²) in [7, 11) is 0. The van der Waals surface area contributed by atoms with Crippen LogP contribution in [0, 0.1) is 11.8 Å². The van der Waals surface area contributed by atoms with Gasteiger partial charge in [-0.25, -0.2) is 0 Å². The quantitative estimate of drug-likeness (QED) is 0.549. The lowest BCUT2D eigenvalue weighted by Crippen LogP contribution is -2.17. The summed E-state index contributed by atoms with van der Waals surface area (Å²) in [5.41, 5.74) is 1.98. The summed E-state index contributed by atoms with van der Waals surface area (Å²) in [6, 6.07) is 0. The summed E-state index contributed by atoms with van der Waals surface area (Å²) in [5, 5.41) is 9.71. The predicted octanol–water partition coefficient (Wildman–Crippen LogP) is 1.72. The molecule has 0 aliphatic heterocycles. The lowest BCUT2D eigenvalue weighted by molar-refractivity contribution is 0.139. The van der Waals surface area contributed by atoms with E-state index >= 15 is 0 Å². The first-order chi connectivity index (χ1) is 5.13. The minimum absolute atomic E-state index is 0.0769. The van der Waals surface area contributed by atoms with Crippen LogP contribution in [0.25, 0.3) is 0 Å². The number of fused-ring (bicyclic) bond motifs is 2. The van der Waals surface area contributed by atoms with Crippen LogP contribution in [0.3, 0.4) is 0 Å². The summed E-state index contributed by atoms with van der Waals surface area (Å²) in [6.45, 7) is 7.76. The van der Waals surface area contributed by atoms with Gasteiger partial charge in [0.05, 0.1) is 6.10 Å². The maximum atomic E-state index is 9.63. The minimum Gasteiger partial charge on any atom is -0.392 e. The van der Waals surface area contributed by atoms with E-state index in [1.807, 2.05) is 0 Å². The van der Waals surface area contributed by atoms with Gasteiger partial charge in [-0.1, -0.05) is 13.2 Å². The SMILES string of the molecule is C=C1C(=C)[C@H]2C[C@H](Cl)[C@@H]1[C@H]2O. The van der Waals surface area contributed by atoms with E-state index in [2.05, 4.69) is 13.2 Å². The average Bonchev–Trinajstić information content (AvgIpc) is 2.31. The molecule has 2 bridgehead atoms. The summed E-state index contributed by atoms with van der Waals surface area (Å²) < 4.78 is 0. The largest absolute Gasteiger partial charge is 0.392 e. The fraction of sp³-hybridized carbons (Fsp3) is 0.556. The van der Waals surface area contributed by atoms with Crippen molar-refractivity contribution < 1.29 is 5.11 Å². The standard InChI is InChI=1S/C9H11ClO/c1-4-5(2)8-7(10)3-6(4)9(8)11/h6-9,11H,1-3H2/t6-,7+,8-,9+/m1/s1. The van der Waals surface area contributed by atoms with Crippen molar-refractivity contribution in [2.45, 2.75) is 17.9 Å².